The molecule has 1 fully saturated rings. The maximum absolute atomic E-state index is 3.35. The van der Waals surface area contributed by atoms with E-state index in [2.05, 4.69) is 18.7 Å². The number of hydrogen-bond acceptors (Lipinski definition) is 1. The molecule has 1 saturated heterocycles. The monoisotopic (exact) mass is 183 g/mol. The van der Waals surface area contributed by atoms with Gasteiger partial charge < -0.3 is 11.7 Å². The van der Waals surface area contributed by atoms with E-state index in [0.29, 0.717) is 0 Å². The standard InChI is InChI=1S/C6H12N.Rb/c1-2-6-4-3-5-7-6;/h4,6-7H,2-3,5H2,1H3;/q-1;+1. The molecule has 1 aliphatic heterocycles. The summed E-state index contributed by atoms with van der Waals surface area (Å²) < 4.78 is 0. The van der Waals surface area contributed by atoms with Crippen LogP contribution in [-0.4, -0.2) is 12.6 Å². The van der Waals surface area contributed by atoms with E-state index in [1.54, 1.807) is 0 Å². The van der Waals surface area contributed by atoms with Crippen molar-refractivity contribution < 1.29 is 58.2 Å². The molecule has 0 saturated carbocycles. The maximum Gasteiger partial charge on any atom is 1.00 e. The summed E-state index contributed by atoms with van der Waals surface area (Å²) in [6, 6.07) is 0.722. The van der Waals surface area contributed by atoms with Crippen LogP contribution in [0.5, 0.6) is 0 Å². The van der Waals surface area contributed by atoms with Gasteiger partial charge in [-0.1, -0.05) is 13.3 Å². The Kier molecular flexibility index (Phi) is 6.77. The Hall–Kier alpha value is 1.77. The molecule has 0 aliphatic carbocycles. The van der Waals surface area contributed by atoms with Crippen LogP contribution in [0.1, 0.15) is 19.8 Å². The minimum Gasteiger partial charge on any atom is -0.346 e. The first kappa shape index (κ1) is 9.77. The summed E-state index contributed by atoms with van der Waals surface area (Å²) in [7, 11) is 0. The zero-order chi connectivity index (χ0) is 5.11. The molecule has 0 aromatic rings. The second-order valence-corrected chi connectivity index (χ2v) is 1.99. The van der Waals surface area contributed by atoms with Crippen molar-refractivity contribution in [3.63, 3.8) is 0 Å². The van der Waals surface area contributed by atoms with Gasteiger partial charge in [-0.05, 0) is 6.54 Å². The molecule has 0 bridgehead atoms. The van der Waals surface area contributed by atoms with E-state index in [1.807, 2.05) is 0 Å². The van der Waals surface area contributed by atoms with E-state index in [1.165, 1.54) is 19.4 Å². The fourth-order valence-electron chi connectivity index (χ4n) is 0.948. The van der Waals surface area contributed by atoms with E-state index in [4.69, 9.17) is 0 Å². The normalized spacial score (nSPS) is 27.4. The summed E-state index contributed by atoms with van der Waals surface area (Å²) in [4.78, 5) is 0. The molecule has 1 unspecified atom stereocenters. The van der Waals surface area contributed by atoms with Crippen molar-refractivity contribution in [1.82, 2.24) is 5.32 Å². The minimum absolute atomic E-state index is 0. The molecular weight excluding hydrogens is 172 g/mol. The van der Waals surface area contributed by atoms with Crippen LogP contribution in [0.15, 0.2) is 0 Å². The van der Waals surface area contributed by atoms with Gasteiger partial charge in [0, 0.05) is 0 Å². The molecule has 0 aromatic carbocycles. The Labute approximate surface area is 100 Å². The van der Waals surface area contributed by atoms with Crippen molar-refractivity contribution >= 4 is 0 Å². The molecule has 0 spiro atoms. The number of nitrogens with one attached hydrogen (secondary N) is 1. The zero-order valence-electron chi connectivity index (χ0n) is 5.78. The second-order valence-electron chi connectivity index (χ2n) is 1.99. The van der Waals surface area contributed by atoms with Gasteiger partial charge in [-0.2, -0.15) is 6.42 Å². The van der Waals surface area contributed by atoms with Crippen LogP contribution in [0.25, 0.3) is 0 Å². The van der Waals surface area contributed by atoms with Gasteiger partial charge in [-0.15, -0.1) is 6.04 Å². The fourth-order valence-corrected chi connectivity index (χ4v) is 0.948. The van der Waals surface area contributed by atoms with Crippen molar-refractivity contribution in [2.24, 2.45) is 0 Å². The third-order valence-electron chi connectivity index (χ3n) is 1.44. The summed E-state index contributed by atoms with van der Waals surface area (Å²) in [6.07, 6.45) is 4.86. The maximum atomic E-state index is 3.35. The molecule has 42 valence electrons. The van der Waals surface area contributed by atoms with E-state index in [9.17, 15) is 0 Å². The van der Waals surface area contributed by atoms with Gasteiger partial charge in [0.2, 0.25) is 0 Å². The van der Waals surface area contributed by atoms with Crippen LogP contribution < -0.4 is 63.5 Å². The Morgan fingerprint density at radius 2 is 2.50 bits per heavy atom. The SMILES string of the molecule is CCC1[CH-]CCN1.[Rb+]. The molecule has 2 heteroatoms. The van der Waals surface area contributed by atoms with Gasteiger partial charge in [-0.25, -0.2) is 0 Å². The van der Waals surface area contributed by atoms with Gasteiger partial charge in [0.25, 0.3) is 0 Å². The van der Waals surface area contributed by atoms with E-state index >= 15 is 0 Å². The molecule has 8 heavy (non-hydrogen) atoms. The summed E-state index contributed by atoms with van der Waals surface area (Å²) in [5, 5.41) is 3.35. The third-order valence-corrected chi connectivity index (χ3v) is 1.44. The molecule has 0 radical (unpaired) electrons. The summed E-state index contributed by atoms with van der Waals surface area (Å²) in [6.45, 7) is 3.40. The van der Waals surface area contributed by atoms with Crippen molar-refractivity contribution in [2.75, 3.05) is 6.54 Å². The topological polar surface area (TPSA) is 12.0 Å². The third kappa shape index (κ3) is 3.07. The van der Waals surface area contributed by atoms with Crippen molar-refractivity contribution in [1.29, 1.82) is 0 Å². The predicted octanol–water partition coefficient (Wildman–Crippen LogP) is -2.03. The van der Waals surface area contributed by atoms with Crippen LogP contribution in [0.3, 0.4) is 0 Å². The first-order valence-electron chi connectivity index (χ1n) is 3.00. The average molecular weight is 184 g/mol. The minimum atomic E-state index is 0. The molecular formula is C6H12NRb. The van der Waals surface area contributed by atoms with Crippen molar-refractivity contribution in [3.05, 3.63) is 6.42 Å². The predicted molar refractivity (Wildman–Crippen MR) is 31.0 cm³/mol. The fraction of sp³-hybridized carbons (Fsp3) is 0.833. The van der Waals surface area contributed by atoms with Crippen molar-refractivity contribution in [2.45, 2.75) is 25.8 Å². The van der Waals surface area contributed by atoms with E-state index in [0.717, 1.165) is 6.04 Å². The molecule has 1 N–H and O–H groups in total. The molecule has 0 amide bonds. The first-order chi connectivity index (χ1) is 3.43. The molecule has 1 aliphatic rings. The smallest absolute Gasteiger partial charge is 0.346 e. The van der Waals surface area contributed by atoms with Gasteiger partial charge in [0.15, 0.2) is 0 Å². The van der Waals surface area contributed by atoms with Crippen LogP contribution in [0, 0.1) is 6.42 Å². The molecule has 1 heterocycles. The average Bonchev–Trinajstić information content (AvgIpc) is 2.14. The summed E-state index contributed by atoms with van der Waals surface area (Å²) >= 11 is 0. The largest absolute Gasteiger partial charge is 1.00 e. The van der Waals surface area contributed by atoms with Gasteiger partial charge in [0.1, 0.15) is 0 Å². The Morgan fingerprint density at radius 1 is 1.75 bits per heavy atom. The number of rotatable bonds is 1. The van der Waals surface area contributed by atoms with Crippen LogP contribution >= 0.6 is 0 Å². The first-order valence-corrected chi connectivity index (χ1v) is 3.00. The summed E-state index contributed by atoms with van der Waals surface area (Å²) in [5.41, 5.74) is 0. The second kappa shape index (κ2) is 5.54. The van der Waals surface area contributed by atoms with Crippen LogP contribution in [0.2, 0.25) is 0 Å². The molecule has 1 atom stereocenters. The van der Waals surface area contributed by atoms with Crippen molar-refractivity contribution in [3.8, 4) is 0 Å². The Bertz CT molecular complexity index is 50.5. The Balaban J connectivity index is 0.000000490. The van der Waals surface area contributed by atoms with Gasteiger partial charge in [0.05, 0.1) is 0 Å². The molecule has 1 nitrogen and oxygen atoms in total. The Morgan fingerprint density at radius 3 is 2.75 bits per heavy atom. The molecule has 0 aromatic heterocycles. The zero-order valence-corrected chi connectivity index (χ0v) is 10.7. The summed E-state index contributed by atoms with van der Waals surface area (Å²) in [5.74, 6) is 0. The van der Waals surface area contributed by atoms with Crippen LogP contribution in [0.4, 0.5) is 0 Å². The van der Waals surface area contributed by atoms with E-state index < -0.39 is 0 Å². The van der Waals surface area contributed by atoms with E-state index in [-0.39, 0.29) is 58.2 Å². The van der Waals surface area contributed by atoms with Crippen LogP contribution in [-0.2, 0) is 0 Å². The van der Waals surface area contributed by atoms with Gasteiger partial charge in [-0.3, -0.25) is 0 Å². The number of hydrogen-bond donors (Lipinski definition) is 1. The van der Waals surface area contributed by atoms with Gasteiger partial charge >= 0.3 is 58.2 Å². The molecule has 1 rings (SSSR count). The quantitative estimate of drug-likeness (QED) is 0.463.